The van der Waals surface area contributed by atoms with Gasteiger partial charge in [-0.05, 0) is 13.8 Å². The third-order valence-corrected chi connectivity index (χ3v) is 0.764. The van der Waals surface area contributed by atoms with E-state index in [9.17, 15) is 0 Å². The molecule has 0 atom stereocenters. The fourth-order valence-electron chi connectivity index (χ4n) is 0.569. The standard InChI is InChI=1S/C7H14N2/c1-5-6-9(4)8-7(2)3/h5H,1,6H2,2-4H3. The SMILES string of the molecule is C=CCN(C)N=C(C)C. The van der Waals surface area contributed by atoms with Gasteiger partial charge in [-0.15, -0.1) is 6.58 Å². The van der Waals surface area contributed by atoms with Crippen LogP contribution >= 0.6 is 0 Å². The first-order valence-corrected chi connectivity index (χ1v) is 3.00. The summed E-state index contributed by atoms with van der Waals surface area (Å²) in [5, 5.41) is 6.00. The van der Waals surface area contributed by atoms with Gasteiger partial charge in [0.1, 0.15) is 0 Å². The topological polar surface area (TPSA) is 15.6 Å². The zero-order chi connectivity index (χ0) is 7.28. The number of hydrogen-bond acceptors (Lipinski definition) is 2. The molecule has 0 aliphatic heterocycles. The van der Waals surface area contributed by atoms with E-state index in [1.807, 2.05) is 32.0 Å². The van der Waals surface area contributed by atoms with Crippen molar-refractivity contribution >= 4 is 5.71 Å². The first kappa shape index (κ1) is 8.21. The van der Waals surface area contributed by atoms with Crippen LogP contribution in [0.15, 0.2) is 17.8 Å². The molecule has 9 heavy (non-hydrogen) atoms. The normalized spacial score (nSPS) is 8.33. The molecule has 0 aliphatic carbocycles. The lowest BCUT2D eigenvalue weighted by Gasteiger charge is -2.09. The number of likely N-dealkylation sites (N-methyl/N-ethyl adjacent to an activating group) is 1. The summed E-state index contributed by atoms with van der Waals surface area (Å²) in [6.07, 6.45) is 1.83. The van der Waals surface area contributed by atoms with Crippen molar-refractivity contribution < 1.29 is 0 Å². The highest BCUT2D eigenvalue weighted by atomic mass is 15.4. The molecule has 0 aromatic rings. The van der Waals surface area contributed by atoms with Gasteiger partial charge in [0.2, 0.25) is 0 Å². The zero-order valence-electron chi connectivity index (χ0n) is 6.39. The van der Waals surface area contributed by atoms with Gasteiger partial charge in [0.05, 0.1) is 6.54 Å². The summed E-state index contributed by atoms with van der Waals surface area (Å²) < 4.78 is 0. The van der Waals surface area contributed by atoms with Crippen LogP contribution in [-0.4, -0.2) is 24.3 Å². The lowest BCUT2D eigenvalue weighted by atomic mass is 10.5. The molecule has 0 aliphatic rings. The van der Waals surface area contributed by atoms with Crippen LogP contribution in [0.5, 0.6) is 0 Å². The van der Waals surface area contributed by atoms with Gasteiger partial charge in [-0.1, -0.05) is 6.08 Å². The third kappa shape index (κ3) is 5.07. The van der Waals surface area contributed by atoms with Gasteiger partial charge in [0.15, 0.2) is 0 Å². The molecule has 0 saturated carbocycles. The molecular formula is C7H14N2. The second kappa shape index (κ2) is 4.13. The van der Waals surface area contributed by atoms with Crippen molar-refractivity contribution in [1.82, 2.24) is 5.01 Å². The Morgan fingerprint density at radius 2 is 2.22 bits per heavy atom. The van der Waals surface area contributed by atoms with Crippen LogP contribution in [0.2, 0.25) is 0 Å². The highest BCUT2D eigenvalue weighted by molar-refractivity contribution is 5.78. The molecule has 0 heterocycles. The Hall–Kier alpha value is -0.790. The van der Waals surface area contributed by atoms with Gasteiger partial charge in [-0.2, -0.15) is 5.10 Å². The molecule has 0 unspecified atom stereocenters. The smallest absolute Gasteiger partial charge is 0.0535 e. The van der Waals surface area contributed by atoms with Gasteiger partial charge in [-0.25, -0.2) is 0 Å². The molecule has 0 N–H and O–H groups in total. The zero-order valence-corrected chi connectivity index (χ0v) is 6.39. The van der Waals surface area contributed by atoms with Gasteiger partial charge < -0.3 is 0 Å². The quantitative estimate of drug-likeness (QED) is 0.318. The van der Waals surface area contributed by atoms with Crippen LogP contribution < -0.4 is 0 Å². The Morgan fingerprint density at radius 3 is 2.56 bits per heavy atom. The second-order valence-electron chi connectivity index (χ2n) is 2.18. The highest BCUT2D eigenvalue weighted by Crippen LogP contribution is 1.84. The number of hydrazone groups is 1. The van der Waals surface area contributed by atoms with Crippen LogP contribution in [0, 0.1) is 0 Å². The van der Waals surface area contributed by atoms with Crippen molar-refractivity contribution in [3.05, 3.63) is 12.7 Å². The summed E-state index contributed by atoms with van der Waals surface area (Å²) in [6.45, 7) is 8.35. The lowest BCUT2D eigenvalue weighted by molar-refractivity contribution is 0.394. The van der Waals surface area contributed by atoms with E-state index in [1.54, 1.807) is 0 Å². The summed E-state index contributed by atoms with van der Waals surface area (Å²) in [7, 11) is 1.93. The fourth-order valence-corrected chi connectivity index (χ4v) is 0.569. The Labute approximate surface area is 56.9 Å². The van der Waals surface area contributed by atoms with Crippen molar-refractivity contribution in [2.24, 2.45) is 5.10 Å². The molecule has 0 spiro atoms. The summed E-state index contributed by atoms with van der Waals surface area (Å²) in [5.41, 5.74) is 1.07. The Kier molecular flexibility index (Phi) is 3.76. The average Bonchev–Trinajstić information content (AvgIpc) is 1.63. The van der Waals surface area contributed by atoms with Gasteiger partial charge in [-0.3, -0.25) is 5.01 Å². The maximum absolute atomic E-state index is 4.15. The van der Waals surface area contributed by atoms with Crippen molar-refractivity contribution in [1.29, 1.82) is 0 Å². The van der Waals surface area contributed by atoms with E-state index < -0.39 is 0 Å². The molecule has 0 rings (SSSR count). The van der Waals surface area contributed by atoms with E-state index in [0.29, 0.717) is 0 Å². The predicted octanol–water partition coefficient (Wildman–Crippen LogP) is 1.50. The summed E-state index contributed by atoms with van der Waals surface area (Å²) in [6, 6.07) is 0. The Balaban J connectivity index is 3.61. The van der Waals surface area contributed by atoms with Crippen molar-refractivity contribution in [2.45, 2.75) is 13.8 Å². The van der Waals surface area contributed by atoms with E-state index >= 15 is 0 Å². The van der Waals surface area contributed by atoms with Crippen LogP contribution in [0.3, 0.4) is 0 Å². The summed E-state index contributed by atoms with van der Waals surface area (Å²) in [5.74, 6) is 0. The fraction of sp³-hybridized carbons (Fsp3) is 0.571. The number of nitrogens with zero attached hydrogens (tertiary/aromatic N) is 2. The van der Waals surface area contributed by atoms with E-state index in [2.05, 4.69) is 11.7 Å². The van der Waals surface area contributed by atoms with Gasteiger partial charge in [0.25, 0.3) is 0 Å². The largest absolute Gasteiger partial charge is 0.296 e. The minimum absolute atomic E-state index is 0.811. The molecule has 0 fully saturated rings. The highest BCUT2D eigenvalue weighted by Gasteiger charge is 1.85. The molecule has 0 aromatic heterocycles. The predicted molar refractivity (Wildman–Crippen MR) is 41.6 cm³/mol. The third-order valence-electron chi connectivity index (χ3n) is 0.764. The Morgan fingerprint density at radius 1 is 1.67 bits per heavy atom. The van der Waals surface area contributed by atoms with E-state index in [4.69, 9.17) is 0 Å². The lowest BCUT2D eigenvalue weighted by Crippen LogP contribution is -2.11. The van der Waals surface area contributed by atoms with Gasteiger partial charge >= 0.3 is 0 Å². The minimum atomic E-state index is 0.811. The first-order valence-electron chi connectivity index (χ1n) is 3.00. The second-order valence-corrected chi connectivity index (χ2v) is 2.18. The van der Waals surface area contributed by atoms with Crippen LogP contribution in [0.1, 0.15) is 13.8 Å². The maximum Gasteiger partial charge on any atom is 0.0535 e. The van der Waals surface area contributed by atoms with Crippen molar-refractivity contribution in [3.8, 4) is 0 Å². The maximum atomic E-state index is 4.15. The molecule has 0 aromatic carbocycles. The molecule has 2 nitrogen and oxygen atoms in total. The van der Waals surface area contributed by atoms with Crippen LogP contribution in [-0.2, 0) is 0 Å². The van der Waals surface area contributed by atoms with E-state index in [1.165, 1.54) is 0 Å². The van der Waals surface area contributed by atoms with Crippen LogP contribution in [0.4, 0.5) is 0 Å². The number of hydrogen-bond donors (Lipinski definition) is 0. The minimum Gasteiger partial charge on any atom is -0.296 e. The van der Waals surface area contributed by atoms with Gasteiger partial charge in [0, 0.05) is 12.8 Å². The molecule has 0 bridgehead atoms. The molecule has 0 amide bonds. The molecule has 0 saturated heterocycles. The molecular weight excluding hydrogens is 112 g/mol. The summed E-state index contributed by atoms with van der Waals surface area (Å²) >= 11 is 0. The molecule has 52 valence electrons. The van der Waals surface area contributed by atoms with Crippen molar-refractivity contribution in [3.63, 3.8) is 0 Å². The summed E-state index contributed by atoms with van der Waals surface area (Å²) in [4.78, 5) is 0. The monoisotopic (exact) mass is 126 g/mol. The average molecular weight is 126 g/mol. The van der Waals surface area contributed by atoms with E-state index in [-0.39, 0.29) is 0 Å². The van der Waals surface area contributed by atoms with Crippen molar-refractivity contribution in [2.75, 3.05) is 13.6 Å². The molecule has 2 heteroatoms. The number of rotatable bonds is 3. The first-order chi connectivity index (χ1) is 4.16. The Bertz CT molecular complexity index is 112. The van der Waals surface area contributed by atoms with E-state index in [0.717, 1.165) is 12.3 Å². The van der Waals surface area contributed by atoms with Crippen LogP contribution in [0.25, 0.3) is 0 Å². The molecule has 0 radical (unpaired) electrons.